The molecule has 1 fully saturated rings. The molecule has 0 saturated heterocycles. The van der Waals surface area contributed by atoms with Crippen molar-refractivity contribution < 1.29 is 10.0 Å². The Morgan fingerprint density at radius 3 is 2.72 bits per heavy atom. The van der Waals surface area contributed by atoms with Gasteiger partial charge in [0.2, 0.25) is 0 Å². The van der Waals surface area contributed by atoms with Crippen LogP contribution in [0.5, 0.6) is 0 Å². The molecule has 0 amide bonds. The molecule has 1 aromatic rings. The summed E-state index contributed by atoms with van der Waals surface area (Å²) in [5.74, 6) is 0.628. The smallest absolute Gasteiger partial charge is 0.324 e. The number of thiophene rings is 1. The molecule has 2 rings (SSSR count). The van der Waals surface area contributed by atoms with Gasteiger partial charge in [0.05, 0.1) is 11.0 Å². The lowest BCUT2D eigenvalue weighted by atomic mass is 9.87. The lowest BCUT2D eigenvalue weighted by Gasteiger charge is -2.25. The van der Waals surface area contributed by atoms with Crippen LogP contribution in [0.15, 0.2) is 12.1 Å². The van der Waals surface area contributed by atoms with Gasteiger partial charge in [0.15, 0.2) is 0 Å². The van der Waals surface area contributed by atoms with Gasteiger partial charge in [-0.3, -0.25) is 10.1 Å². The van der Waals surface area contributed by atoms with E-state index in [2.05, 4.69) is 5.32 Å². The molecule has 1 aliphatic rings. The maximum Gasteiger partial charge on any atom is 0.324 e. The van der Waals surface area contributed by atoms with E-state index < -0.39 is 0 Å². The Bertz CT molecular complexity index is 400. The first-order valence-corrected chi connectivity index (χ1v) is 7.08. The van der Waals surface area contributed by atoms with E-state index in [1.165, 1.54) is 11.3 Å². The minimum absolute atomic E-state index is 0.110. The van der Waals surface area contributed by atoms with Crippen molar-refractivity contribution in [1.29, 1.82) is 0 Å². The van der Waals surface area contributed by atoms with Crippen LogP contribution in [-0.2, 0) is 6.54 Å². The van der Waals surface area contributed by atoms with Crippen molar-refractivity contribution in [2.24, 2.45) is 5.92 Å². The van der Waals surface area contributed by atoms with Crippen molar-refractivity contribution in [3.8, 4) is 0 Å². The maximum atomic E-state index is 10.5. The second-order valence-corrected chi connectivity index (χ2v) is 5.95. The Morgan fingerprint density at radius 1 is 1.39 bits per heavy atom. The molecule has 1 saturated carbocycles. The molecule has 1 aromatic heterocycles. The molecule has 5 nitrogen and oxygen atoms in total. The molecule has 0 bridgehead atoms. The summed E-state index contributed by atoms with van der Waals surface area (Å²) in [6.45, 7) is 1.62. The van der Waals surface area contributed by atoms with Gasteiger partial charge in [-0.05, 0) is 44.2 Å². The Morgan fingerprint density at radius 2 is 2.11 bits per heavy atom. The van der Waals surface area contributed by atoms with Crippen LogP contribution in [0.25, 0.3) is 0 Å². The second-order valence-electron chi connectivity index (χ2n) is 4.80. The minimum Gasteiger partial charge on any atom is -0.393 e. The van der Waals surface area contributed by atoms with Crippen molar-refractivity contribution in [3.05, 3.63) is 27.1 Å². The Hall–Kier alpha value is -0.980. The summed E-state index contributed by atoms with van der Waals surface area (Å²) in [6, 6.07) is 3.36. The third kappa shape index (κ3) is 3.76. The van der Waals surface area contributed by atoms with Crippen LogP contribution in [0.1, 0.15) is 30.6 Å². The average molecular weight is 270 g/mol. The number of hydrogen-bond donors (Lipinski definition) is 2. The molecule has 0 unspecified atom stereocenters. The summed E-state index contributed by atoms with van der Waals surface area (Å²) in [5.41, 5.74) is 0. The largest absolute Gasteiger partial charge is 0.393 e. The highest BCUT2D eigenvalue weighted by molar-refractivity contribution is 7.15. The van der Waals surface area contributed by atoms with Crippen LogP contribution in [0.2, 0.25) is 0 Å². The topological polar surface area (TPSA) is 75.4 Å². The molecule has 1 aliphatic carbocycles. The third-order valence-corrected chi connectivity index (χ3v) is 4.41. The zero-order valence-corrected chi connectivity index (χ0v) is 11.0. The Kier molecular flexibility index (Phi) is 4.68. The van der Waals surface area contributed by atoms with Gasteiger partial charge < -0.3 is 10.4 Å². The summed E-state index contributed by atoms with van der Waals surface area (Å²) < 4.78 is 0. The summed E-state index contributed by atoms with van der Waals surface area (Å²) in [7, 11) is 0. The lowest BCUT2D eigenvalue weighted by molar-refractivity contribution is -0.380. The SMILES string of the molecule is O=[N+]([O-])c1ccc(CNCC2CCC(O)CC2)s1. The number of aliphatic hydroxyl groups is 1. The van der Waals surface area contributed by atoms with Crippen molar-refractivity contribution in [3.63, 3.8) is 0 Å². The van der Waals surface area contributed by atoms with E-state index in [0.717, 1.165) is 37.1 Å². The molecular formula is C12H18N2O3S. The highest BCUT2D eigenvalue weighted by Gasteiger charge is 2.19. The average Bonchev–Trinajstić information content (AvgIpc) is 2.81. The van der Waals surface area contributed by atoms with Gasteiger partial charge in [-0.1, -0.05) is 11.3 Å². The molecule has 1 heterocycles. The summed E-state index contributed by atoms with van der Waals surface area (Å²) >= 11 is 1.23. The number of nitrogens with zero attached hydrogens (tertiary/aromatic N) is 1. The summed E-state index contributed by atoms with van der Waals surface area (Å²) in [5, 5.41) is 23.5. The van der Waals surface area contributed by atoms with Crippen molar-refractivity contribution >= 4 is 16.3 Å². The van der Waals surface area contributed by atoms with Crippen molar-refractivity contribution in [2.75, 3.05) is 6.54 Å². The van der Waals surface area contributed by atoms with Crippen molar-refractivity contribution in [2.45, 2.75) is 38.3 Å². The van der Waals surface area contributed by atoms with Gasteiger partial charge in [0, 0.05) is 17.5 Å². The molecule has 0 atom stereocenters. The first-order valence-electron chi connectivity index (χ1n) is 6.27. The van der Waals surface area contributed by atoms with Gasteiger partial charge in [0.1, 0.15) is 0 Å². The van der Waals surface area contributed by atoms with Gasteiger partial charge in [-0.2, -0.15) is 0 Å². The number of nitro groups is 1. The monoisotopic (exact) mass is 270 g/mol. The molecule has 0 aromatic carbocycles. The van der Waals surface area contributed by atoms with Gasteiger partial charge in [-0.25, -0.2) is 0 Å². The fourth-order valence-corrected chi connectivity index (χ4v) is 3.10. The Balaban J connectivity index is 1.70. The van der Waals surface area contributed by atoms with Crippen LogP contribution in [0.4, 0.5) is 5.00 Å². The van der Waals surface area contributed by atoms with Crippen LogP contribution >= 0.6 is 11.3 Å². The quantitative estimate of drug-likeness (QED) is 0.636. The van der Waals surface area contributed by atoms with Gasteiger partial charge in [-0.15, -0.1) is 0 Å². The predicted octanol–water partition coefficient (Wildman–Crippen LogP) is 2.30. The highest BCUT2D eigenvalue weighted by Crippen LogP contribution is 2.25. The first kappa shape index (κ1) is 13.5. The minimum atomic E-state index is -0.351. The van der Waals surface area contributed by atoms with E-state index in [-0.39, 0.29) is 16.0 Å². The van der Waals surface area contributed by atoms with Crippen LogP contribution in [0.3, 0.4) is 0 Å². The van der Waals surface area contributed by atoms with Crippen LogP contribution < -0.4 is 5.32 Å². The molecule has 2 N–H and O–H groups in total. The number of nitrogens with one attached hydrogen (secondary N) is 1. The normalized spacial score (nSPS) is 24.1. The lowest BCUT2D eigenvalue weighted by Crippen LogP contribution is -2.27. The van der Waals surface area contributed by atoms with Crippen LogP contribution in [-0.4, -0.2) is 22.7 Å². The highest BCUT2D eigenvalue weighted by atomic mass is 32.1. The summed E-state index contributed by atoms with van der Waals surface area (Å²) in [6.07, 6.45) is 3.83. The summed E-state index contributed by atoms with van der Waals surface area (Å²) in [4.78, 5) is 11.2. The number of rotatable bonds is 5. The molecule has 6 heteroatoms. The fourth-order valence-electron chi connectivity index (χ4n) is 2.31. The van der Waals surface area contributed by atoms with Gasteiger partial charge >= 0.3 is 5.00 Å². The fraction of sp³-hybridized carbons (Fsp3) is 0.667. The molecule has 18 heavy (non-hydrogen) atoms. The standard InChI is InChI=1S/C12H18N2O3S/c15-10-3-1-9(2-4-10)7-13-8-11-5-6-12(18-11)14(16)17/h5-6,9-10,13,15H,1-4,7-8H2. The second kappa shape index (κ2) is 6.26. The third-order valence-electron chi connectivity index (χ3n) is 3.38. The molecule has 0 radical (unpaired) electrons. The van der Waals surface area contributed by atoms with E-state index in [4.69, 9.17) is 0 Å². The molecule has 0 spiro atoms. The van der Waals surface area contributed by atoms with Crippen molar-refractivity contribution in [1.82, 2.24) is 5.32 Å². The Labute approximate surface area is 110 Å². The van der Waals surface area contributed by atoms with E-state index in [1.54, 1.807) is 12.1 Å². The molecule has 100 valence electrons. The van der Waals surface area contributed by atoms with E-state index in [9.17, 15) is 15.2 Å². The zero-order valence-electron chi connectivity index (χ0n) is 10.2. The van der Waals surface area contributed by atoms with E-state index >= 15 is 0 Å². The zero-order chi connectivity index (χ0) is 13.0. The first-order chi connectivity index (χ1) is 8.65. The number of hydrogen-bond acceptors (Lipinski definition) is 5. The van der Waals surface area contributed by atoms with E-state index in [1.807, 2.05) is 0 Å². The molecule has 0 aliphatic heterocycles. The molecular weight excluding hydrogens is 252 g/mol. The van der Waals surface area contributed by atoms with E-state index in [0.29, 0.717) is 12.5 Å². The number of aliphatic hydroxyl groups excluding tert-OH is 1. The van der Waals surface area contributed by atoms with Crippen LogP contribution in [0, 0.1) is 16.0 Å². The van der Waals surface area contributed by atoms with Gasteiger partial charge in [0.25, 0.3) is 0 Å². The predicted molar refractivity (Wildman–Crippen MR) is 70.6 cm³/mol. The maximum absolute atomic E-state index is 10.5.